The number of anilines is 1. The van der Waals surface area contributed by atoms with Crippen molar-refractivity contribution in [2.75, 3.05) is 18.1 Å². The molecule has 37 heavy (non-hydrogen) atoms. The number of halogens is 1. The van der Waals surface area contributed by atoms with E-state index >= 15 is 0 Å². The second kappa shape index (κ2) is 8.74. The molecule has 1 aliphatic heterocycles. The maximum absolute atomic E-state index is 14.0. The SMILES string of the molecule is CCOC(=O)c1nn(-c2cccc(Cl)c2)c2c1C1(CC1)CN(c1ccc(-n3ccccc3=O)cc1)C2=O. The molecular formula is C28H23ClN4O4. The molecule has 4 aromatic rings. The van der Waals surface area contributed by atoms with Crippen molar-refractivity contribution >= 4 is 29.2 Å². The van der Waals surface area contributed by atoms with Crippen molar-refractivity contribution in [3.63, 3.8) is 0 Å². The zero-order valence-corrected chi connectivity index (χ0v) is 20.8. The molecule has 2 aromatic carbocycles. The molecule has 2 aliphatic rings. The van der Waals surface area contributed by atoms with Crippen LogP contribution in [-0.2, 0) is 10.2 Å². The lowest BCUT2D eigenvalue weighted by Crippen LogP contribution is -2.44. The topological polar surface area (TPSA) is 86.4 Å². The monoisotopic (exact) mass is 514 g/mol. The minimum atomic E-state index is -0.537. The number of carbonyl (C=O) groups excluding carboxylic acids is 2. The summed E-state index contributed by atoms with van der Waals surface area (Å²) < 4.78 is 8.36. The second-order valence-electron chi connectivity index (χ2n) is 9.28. The zero-order valence-electron chi connectivity index (χ0n) is 20.1. The van der Waals surface area contributed by atoms with Crippen molar-refractivity contribution < 1.29 is 14.3 Å². The smallest absolute Gasteiger partial charge is 0.359 e. The molecule has 1 spiro atoms. The van der Waals surface area contributed by atoms with Crippen LogP contribution < -0.4 is 10.5 Å². The van der Waals surface area contributed by atoms with Crippen LogP contribution >= 0.6 is 11.6 Å². The highest BCUT2D eigenvalue weighted by Gasteiger charge is 2.56. The molecule has 1 aliphatic carbocycles. The first-order valence-corrected chi connectivity index (χ1v) is 12.5. The zero-order chi connectivity index (χ0) is 25.7. The van der Waals surface area contributed by atoms with Crippen LogP contribution in [0.4, 0.5) is 5.69 Å². The molecule has 3 heterocycles. The molecule has 0 N–H and O–H groups in total. The Kier molecular flexibility index (Phi) is 5.49. The molecule has 0 atom stereocenters. The summed E-state index contributed by atoms with van der Waals surface area (Å²) in [4.78, 5) is 40.9. The molecule has 0 bridgehead atoms. The summed E-state index contributed by atoms with van der Waals surface area (Å²) in [5, 5.41) is 5.09. The molecule has 9 heteroatoms. The summed E-state index contributed by atoms with van der Waals surface area (Å²) in [6, 6.07) is 19.3. The molecule has 8 nitrogen and oxygen atoms in total. The van der Waals surface area contributed by atoms with Crippen LogP contribution in [-0.4, -0.2) is 39.4 Å². The number of ether oxygens (including phenoxy) is 1. The van der Waals surface area contributed by atoms with Crippen LogP contribution in [0, 0.1) is 0 Å². The molecule has 0 radical (unpaired) electrons. The summed E-state index contributed by atoms with van der Waals surface area (Å²) in [5.74, 6) is -0.801. The Morgan fingerprint density at radius 1 is 1.00 bits per heavy atom. The number of hydrogen-bond donors (Lipinski definition) is 0. The summed E-state index contributed by atoms with van der Waals surface area (Å²) >= 11 is 6.25. The molecule has 0 unspecified atom stereocenters. The molecular weight excluding hydrogens is 492 g/mol. The second-order valence-corrected chi connectivity index (χ2v) is 9.72. The molecule has 1 fully saturated rings. The maximum atomic E-state index is 14.0. The van der Waals surface area contributed by atoms with Crippen LogP contribution in [0.25, 0.3) is 11.4 Å². The molecule has 1 saturated carbocycles. The van der Waals surface area contributed by atoms with E-state index < -0.39 is 5.97 Å². The van der Waals surface area contributed by atoms with Gasteiger partial charge in [-0.15, -0.1) is 0 Å². The van der Waals surface area contributed by atoms with Gasteiger partial charge in [-0.05, 0) is 68.3 Å². The van der Waals surface area contributed by atoms with Gasteiger partial charge in [0.2, 0.25) is 0 Å². The Morgan fingerprint density at radius 3 is 2.43 bits per heavy atom. The van der Waals surface area contributed by atoms with E-state index in [0.29, 0.717) is 39.9 Å². The average Bonchev–Trinajstić information content (AvgIpc) is 3.54. The van der Waals surface area contributed by atoms with Gasteiger partial charge in [-0.3, -0.25) is 14.2 Å². The lowest BCUT2D eigenvalue weighted by atomic mass is 9.88. The number of hydrogen-bond acceptors (Lipinski definition) is 5. The minimum Gasteiger partial charge on any atom is -0.461 e. The highest BCUT2D eigenvalue weighted by atomic mass is 35.5. The summed E-state index contributed by atoms with van der Waals surface area (Å²) in [5.41, 5.74) is 2.66. The number of nitrogens with zero attached hydrogens (tertiary/aromatic N) is 4. The Balaban J connectivity index is 1.47. The van der Waals surface area contributed by atoms with Gasteiger partial charge in [0.15, 0.2) is 5.69 Å². The summed E-state index contributed by atoms with van der Waals surface area (Å²) in [6.07, 6.45) is 3.36. The number of aromatic nitrogens is 3. The highest BCUT2D eigenvalue weighted by molar-refractivity contribution is 6.30. The van der Waals surface area contributed by atoms with Gasteiger partial charge in [0, 0.05) is 46.2 Å². The summed E-state index contributed by atoms with van der Waals surface area (Å²) in [7, 11) is 0. The third-order valence-corrected chi connectivity index (χ3v) is 7.20. The molecule has 2 aromatic heterocycles. The van der Waals surface area contributed by atoms with Crippen molar-refractivity contribution in [1.82, 2.24) is 14.3 Å². The van der Waals surface area contributed by atoms with Gasteiger partial charge in [0.05, 0.1) is 12.3 Å². The fraction of sp³-hybridized carbons (Fsp3) is 0.214. The van der Waals surface area contributed by atoms with E-state index in [-0.39, 0.29) is 29.2 Å². The van der Waals surface area contributed by atoms with Crippen molar-refractivity contribution in [2.45, 2.75) is 25.2 Å². The van der Waals surface area contributed by atoms with Crippen molar-refractivity contribution in [2.24, 2.45) is 0 Å². The van der Waals surface area contributed by atoms with Gasteiger partial charge < -0.3 is 9.64 Å². The van der Waals surface area contributed by atoms with Crippen molar-refractivity contribution in [3.05, 3.63) is 105 Å². The number of rotatable bonds is 5. The first-order chi connectivity index (χ1) is 17.9. The van der Waals surface area contributed by atoms with E-state index in [0.717, 1.165) is 12.8 Å². The lowest BCUT2D eigenvalue weighted by Gasteiger charge is -2.33. The van der Waals surface area contributed by atoms with E-state index in [9.17, 15) is 14.4 Å². The largest absolute Gasteiger partial charge is 0.461 e. The third kappa shape index (κ3) is 3.84. The normalized spacial score (nSPS) is 15.5. The Morgan fingerprint density at radius 2 is 1.76 bits per heavy atom. The van der Waals surface area contributed by atoms with Gasteiger partial charge in [-0.25, -0.2) is 9.48 Å². The molecule has 1 amide bonds. The van der Waals surface area contributed by atoms with E-state index in [1.165, 1.54) is 10.7 Å². The number of fused-ring (bicyclic) bond motifs is 2. The van der Waals surface area contributed by atoms with E-state index in [1.54, 1.807) is 59.0 Å². The first-order valence-electron chi connectivity index (χ1n) is 12.1. The number of benzene rings is 2. The molecule has 0 saturated heterocycles. The number of esters is 1. The minimum absolute atomic E-state index is 0.136. The van der Waals surface area contributed by atoms with Gasteiger partial charge in [0.1, 0.15) is 5.69 Å². The van der Waals surface area contributed by atoms with E-state index in [2.05, 4.69) is 5.10 Å². The standard InChI is InChI=1S/C28H23ClN4O4/c1-2-37-27(36)24-23-25(33(30-24)21-7-5-6-18(29)16-21)26(35)32(17-28(23)13-14-28)20-11-9-19(10-12-20)31-15-4-3-8-22(31)34/h3-12,15-16H,2,13-14,17H2,1H3. The van der Waals surface area contributed by atoms with Crippen LogP contribution in [0.1, 0.15) is 46.3 Å². The summed E-state index contributed by atoms with van der Waals surface area (Å²) in [6.45, 7) is 2.38. The Labute approximate surface area is 217 Å². The van der Waals surface area contributed by atoms with Gasteiger partial charge in [-0.1, -0.05) is 23.7 Å². The van der Waals surface area contributed by atoms with Gasteiger partial charge in [-0.2, -0.15) is 5.10 Å². The predicted octanol–water partition coefficient (Wildman–Crippen LogP) is 4.55. The maximum Gasteiger partial charge on any atom is 0.359 e. The quantitative estimate of drug-likeness (QED) is 0.365. The fourth-order valence-corrected chi connectivity index (χ4v) is 5.22. The molecule has 6 rings (SSSR count). The van der Waals surface area contributed by atoms with Crippen molar-refractivity contribution in [3.8, 4) is 11.4 Å². The predicted molar refractivity (Wildman–Crippen MR) is 139 cm³/mol. The molecule has 186 valence electrons. The fourth-order valence-electron chi connectivity index (χ4n) is 5.04. The highest BCUT2D eigenvalue weighted by Crippen LogP contribution is 2.54. The van der Waals surface area contributed by atoms with Crippen molar-refractivity contribution in [1.29, 1.82) is 0 Å². The Hall–Kier alpha value is -4.17. The number of pyridine rings is 1. The number of carbonyl (C=O) groups is 2. The lowest BCUT2D eigenvalue weighted by molar-refractivity contribution is 0.0516. The first kappa shape index (κ1) is 23.2. The van der Waals surface area contributed by atoms with Crippen LogP contribution in [0.5, 0.6) is 0 Å². The van der Waals surface area contributed by atoms with E-state index in [4.69, 9.17) is 16.3 Å². The van der Waals surface area contributed by atoms with Crippen LogP contribution in [0.2, 0.25) is 5.02 Å². The van der Waals surface area contributed by atoms with E-state index in [1.807, 2.05) is 24.3 Å². The Bertz CT molecular complexity index is 1600. The average molecular weight is 515 g/mol. The van der Waals surface area contributed by atoms with Crippen LogP contribution in [0.15, 0.2) is 77.7 Å². The van der Waals surface area contributed by atoms with Crippen LogP contribution in [0.3, 0.4) is 0 Å². The third-order valence-electron chi connectivity index (χ3n) is 6.96. The van der Waals surface area contributed by atoms with Gasteiger partial charge in [0.25, 0.3) is 11.5 Å². The number of amides is 1. The van der Waals surface area contributed by atoms with Gasteiger partial charge >= 0.3 is 5.97 Å².